The van der Waals surface area contributed by atoms with E-state index in [4.69, 9.17) is 21.3 Å². The third kappa shape index (κ3) is 4.46. The molecule has 5 heteroatoms. The summed E-state index contributed by atoms with van der Waals surface area (Å²) in [6, 6.07) is 19.3. The summed E-state index contributed by atoms with van der Waals surface area (Å²) in [6.07, 6.45) is 2.23. The Kier molecular flexibility index (Phi) is 6.88. The minimum atomic E-state index is 0.229. The fourth-order valence-corrected chi connectivity index (χ4v) is 4.44. The zero-order valence-electron chi connectivity index (χ0n) is 17.9. The number of rotatable bonds is 7. The molecule has 1 aliphatic heterocycles. The first-order valence-electron chi connectivity index (χ1n) is 10.9. The molecule has 0 unspecified atom stereocenters. The van der Waals surface area contributed by atoms with Crippen LogP contribution in [0.5, 0.6) is 0 Å². The van der Waals surface area contributed by atoms with Crippen molar-refractivity contribution in [1.82, 2.24) is 14.5 Å². The Labute approximate surface area is 184 Å². The maximum Gasteiger partial charge on any atom is 0.152 e. The standard InChI is InChI=1S/C25H30ClN3O/c1-3-4-14-29-22(24(26)27-25(29)21-13-9-8-10-19(21)2)17-28-15-16-30-18-23(28)20-11-6-5-7-12-20/h5-13,23H,3-4,14-18H2,1-2H3/t23-/m0/s1. The van der Waals surface area contributed by atoms with Gasteiger partial charge in [0.2, 0.25) is 0 Å². The predicted molar refractivity (Wildman–Crippen MR) is 123 cm³/mol. The second-order valence-electron chi connectivity index (χ2n) is 7.96. The molecule has 30 heavy (non-hydrogen) atoms. The topological polar surface area (TPSA) is 30.3 Å². The van der Waals surface area contributed by atoms with Gasteiger partial charge in [0.25, 0.3) is 0 Å². The van der Waals surface area contributed by atoms with E-state index >= 15 is 0 Å². The lowest BCUT2D eigenvalue weighted by Crippen LogP contribution is -2.39. The quantitative estimate of drug-likeness (QED) is 0.475. The first-order valence-corrected chi connectivity index (χ1v) is 11.2. The van der Waals surface area contributed by atoms with Crippen molar-refractivity contribution >= 4 is 11.6 Å². The number of imidazole rings is 1. The highest BCUT2D eigenvalue weighted by Gasteiger charge is 2.28. The molecule has 0 N–H and O–H groups in total. The van der Waals surface area contributed by atoms with Crippen LogP contribution in [0.3, 0.4) is 0 Å². The highest BCUT2D eigenvalue weighted by atomic mass is 35.5. The summed E-state index contributed by atoms with van der Waals surface area (Å²) in [5.41, 5.74) is 4.76. The highest BCUT2D eigenvalue weighted by Crippen LogP contribution is 2.32. The maximum absolute atomic E-state index is 6.75. The van der Waals surface area contributed by atoms with Gasteiger partial charge in [-0.3, -0.25) is 4.90 Å². The number of aryl methyl sites for hydroxylation is 1. The summed E-state index contributed by atoms with van der Waals surface area (Å²) in [5.74, 6) is 0.978. The number of nitrogens with zero attached hydrogens (tertiary/aromatic N) is 3. The molecular weight excluding hydrogens is 394 g/mol. The molecule has 1 atom stereocenters. The van der Waals surface area contributed by atoms with E-state index in [1.165, 1.54) is 11.1 Å². The first-order chi connectivity index (χ1) is 14.7. The van der Waals surface area contributed by atoms with E-state index in [1.54, 1.807) is 0 Å². The fraction of sp³-hybridized carbons (Fsp3) is 0.400. The Morgan fingerprint density at radius 3 is 2.63 bits per heavy atom. The van der Waals surface area contributed by atoms with Gasteiger partial charge in [0.15, 0.2) is 5.15 Å². The predicted octanol–water partition coefficient (Wildman–Crippen LogP) is 5.89. The number of morpholine rings is 1. The lowest BCUT2D eigenvalue weighted by molar-refractivity contribution is -0.0136. The summed E-state index contributed by atoms with van der Waals surface area (Å²) < 4.78 is 8.16. The average molecular weight is 424 g/mol. The van der Waals surface area contributed by atoms with Gasteiger partial charge >= 0.3 is 0 Å². The van der Waals surface area contributed by atoms with Crippen molar-refractivity contribution in [2.24, 2.45) is 0 Å². The Hall–Kier alpha value is -2.14. The second kappa shape index (κ2) is 9.78. The van der Waals surface area contributed by atoms with Crippen LogP contribution < -0.4 is 0 Å². The van der Waals surface area contributed by atoms with Gasteiger partial charge in [0.1, 0.15) is 5.82 Å². The Morgan fingerprint density at radius 2 is 1.87 bits per heavy atom. The van der Waals surface area contributed by atoms with Crippen LogP contribution in [-0.4, -0.2) is 34.2 Å². The van der Waals surface area contributed by atoms with Crippen molar-refractivity contribution in [3.8, 4) is 11.4 Å². The molecule has 0 bridgehead atoms. The molecule has 1 fully saturated rings. The molecule has 3 aromatic rings. The van der Waals surface area contributed by atoms with Crippen molar-refractivity contribution in [1.29, 1.82) is 0 Å². The fourth-order valence-electron chi connectivity index (χ4n) is 4.20. The van der Waals surface area contributed by atoms with Crippen molar-refractivity contribution < 1.29 is 4.74 Å². The highest BCUT2D eigenvalue weighted by molar-refractivity contribution is 6.30. The third-order valence-corrected chi connectivity index (χ3v) is 6.22. The summed E-state index contributed by atoms with van der Waals surface area (Å²) >= 11 is 6.75. The number of benzene rings is 2. The largest absolute Gasteiger partial charge is 0.378 e. The summed E-state index contributed by atoms with van der Waals surface area (Å²) in [6.45, 7) is 8.38. The molecule has 4 rings (SSSR count). The molecule has 0 radical (unpaired) electrons. The van der Waals surface area contributed by atoms with Gasteiger partial charge in [-0.25, -0.2) is 4.98 Å². The third-order valence-electron chi connectivity index (χ3n) is 5.92. The van der Waals surface area contributed by atoms with Gasteiger partial charge in [-0.15, -0.1) is 0 Å². The van der Waals surface area contributed by atoms with E-state index in [1.807, 2.05) is 0 Å². The van der Waals surface area contributed by atoms with Gasteiger partial charge in [-0.05, 0) is 24.5 Å². The number of halogens is 1. The number of unbranched alkanes of at least 4 members (excludes halogenated alkanes) is 1. The molecule has 0 spiro atoms. The molecular formula is C25H30ClN3O. The SMILES string of the molecule is CCCCn1c(-c2ccccc2C)nc(Cl)c1CN1CCOC[C@H]1c1ccccc1. The van der Waals surface area contributed by atoms with Crippen LogP contribution in [0.2, 0.25) is 5.15 Å². The summed E-state index contributed by atoms with van der Waals surface area (Å²) in [7, 11) is 0. The van der Waals surface area contributed by atoms with Crippen LogP contribution in [0, 0.1) is 6.92 Å². The number of aromatic nitrogens is 2. The van der Waals surface area contributed by atoms with Crippen LogP contribution in [0.1, 0.15) is 42.6 Å². The van der Waals surface area contributed by atoms with E-state index in [0.717, 1.165) is 56.2 Å². The average Bonchev–Trinajstić information content (AvgIpc) is 3.08. The summed E-state index contributed by atoms with van der Waals surface area (Å²) in [4.78, 5) is 7.31. The molecule has 1 saturated heterocycles. The number of hydrogen-bond donors (Lipinski definition) is 0. The zero-order chi connectivity index (χ0) is 20.9. The molecule has 0 aliphatic carbocycles. The molecule has 2 aromatic carbocycles. The van der Waals surface area contributed by atoms with E-state index < -0.39 is 0 Å². The van der Waals surface area contributed by atoms with Gasteiger partial charge in [-0.1, -0.05) is 79.5 Å². The molecule has 1 aromatic heterocycles. The maximum atomic E-state index is 6.75. The first kappa shape index (κ1) is 21.1. The Morgan fingerprint density at radius 1 is 1.10 bits per heavy atom. The minimum absolute atomic E-state index is 0.229. The monoisotopic (exact) mass is 423 g/mol. The van der Waals surface area contributed by atoms with Gasteiger partial charge < -0.3 is 9.30 Å². The lowest BCUT2D eigenvalue weighted by atomic mass is 10.0. The van der Waals surface area contributed by atoms with Crippen molar-refractivity contribution in [3.05, 3.63) is 76.6 Å². The van der Waals surface area contributed by atoms with E-state index in [9.17, 15) is 0 Å². The van der Waals surface area contributed by atoms with E-state index in [0.29, 0.717) is 11.8 Å². The van der Waals surface area contributed by atoms with E-state index in [2.05, 4.69) is 77.9 Å². The zero-order valence-corrected chi connectivity index (χ0v) is 18.6. The van der Waals surface area contributed by atoms with Gasteiger partial charge in [-0.2, -0.15) is 0 Å². The minimum Gasteiger partial charge on any atom is -0.378 e. The van der Waals surface area contributed by atoms with Crippen molar-refractivity contribution in [3.63, 3.8) is 0 Å². The van der Waals surface area contributed by atoms with E-state index in [-0.39, 0.29) is 6.04 Å². The normalized spacial score (nSPS) is 17.4. The molecule has 1 aliphatic rings. The summed E-state index contributed by atoms with van der Waals surface area (Å²) in [5, 5.41) is 0.614. The van der Waals surface area contributed by atoms with Crippen LogP contribution in [-0.2, 0) is 17.8 Å². The van der Waals surface area contributed by atoms with Crippen LogP contribution >= 0.6 is 11.6 Å². The molecule has 0 amide bonds. The lowest BCUT2D eigenvalue weighted by Gasteiger charge is -2.36. The van der Waals surface area contributed by atoms with Crippen molar-refractivity contribution in [2.45, 2.75) is 45.8 Å². The molecule has 4 nitrogen and oxygen atoms in total. The van der Waals surface area contributed by atoms with Gasteiger partial charge in [0, 0.05) is 25.2 Å². The van der Waals surface area contributed by atoms with Crippen molar-refractivity contribution in [2.75, 3.05) is 19.8 Å². The molecule has 2 heterocycles. The van der Waals surface area contributed by atoms with Crippen LogP contribution in [0.25, 0.3) is 11.4 Å². The van der Waals surface area contributed by atoms with Crippen LogP contribution in [0.4, 0.5) is 0 Å². The smallest absolute Gasteiger partial charge is 0.152 e. The Balaban J connectivity index is 1.70. The Bertz CT molecular complexity index is 970. The molecule has 0 saturated carbocycles. The number of ether oxygens (including phenoxy) is 1. The number of hydrogen-bond acceptors (Lipinski definition) is 3. The van der Waals surface area contributed by atoms with Gasteiger partial charge in [0.05, 0.1) is 24.9 Å². The molecule has 158 valence electrons. The second-order valence-corrected chi connectivity index (χ2v) is 8.32. The van der Waals surface area contributed by atoms with Crippen LogP contribution in [0.15, 0.2) is 54.6 Å².